The summed E-state index contributed by atoms with van der Waals surface area (Å²) in [6.45, 7) is 4.62. The number of aromatic nitrogens is 2. The van der Waals surface area contributed by atoms with Gasteiger partial charge in [0.15, 0.2) is 0 Å². The monoisotopic (exact) mass is 167 g/mol. The summed E-state index contributed by atoms with van der Waals surface area (Å²) in [4.78, 5) is 2.22. The lowest BCUT2D eigenvalue weighted by molar-refractivity contribution is 0.0604. The summed E-state index contributed by atoms with van der Waals surface area (Å²) in [6.07, 6.45) is 0. The summed E-state index contributed by atoms with van der Waals surface area (Å²) in [5, 5.41) is 7.19. The number of aryl methyl sites for hydroxylation is 1. The van der Waals surface area contributed by atoms with Crippen molar-refractivity contribution in [3.8, 4) is 0 Å². The molecule has 0 radical (unpaired) electrons. The third kappa shape index (κ3) is 1.13. The quantitative estimate of drug-likeness (QED) is 0.702. The molecule has 12 heavy (non-hydrogen) atoms. The molecule has 1 aliphatic heterocycles. The van der Waals surface area contributed by atoms with Crippen molar-refractivity contribution in [1.82, 2.24) is 15.1 Å². The average Bonchev–Trinajstić information content (AvgIpc) is 2.55. The van der Waals surface area contributed by atoms with Gasteiger partial charge in [-0.1, -0.05) is 0 Å². The number of hydrogen-bond acceptors (Lipinski definition) is 3. The predicted octanol–water partition coefficient (Wildman–Crippen LogP) is 0.638. The van der Waals surface area contributed by atoms with Gasteiger partial charge in [-0.3, -0.25) is 10.00 Å². The minimum atomic E-state index is 0.690. The van der Waals surface area contributed by atoms with Crippen molar-refractivity contribution < 1.29 is 4.74 Å². The first-order valence-electron chi connectivity index (χ1n) is 4.05. The number of fused-ring (bicyclic) bond motifs is 1. The van der Waals surface area contributed by atoms with Crippen LogP contribution in [0.4, 0.5) is 0 Å². The summed E-state index contributed by atoms with van der Waals surface area (Å²) in [5.41, 5.74) is 3.69. The molecule has 2 rings (SSSR count). The van der Waals surface area contributed by atoms with Crippen molar-refractivity contribution in [3.05, 3.63) is 17.0 Å². The van der Waals surface area contributed by atoms with E-state index in [-0.39, 0.29) is 0 Å². The molecular formula is C8H13N3O. The van der Waals surface area contributed by atoms with Gasteiger partial charge in [0.25, 0.3) is 0 Å². The summed E-state index contributed by atoms with van der Waals surface area (Å²) >= 11 is 0. The van der Waals surface area contributed by atoms with Crippen LogP contribution in [-0.4, -0.2) is 28.9 Å². The fourth-order valence-electron chi connectivity index (χ4n) is 1.61. The van der Waals surface area contributed by atoms with Crippen LogP contribution in [0.5, 0.6) is 0 Å². The minimum Gasteiger partial charge on any atom is -0.369 e. The van der Waals surface area contributed by atoms with Crippen molar-refractivity contribution >= 4 is 0 Å². The van der Waals surface area contributed by atoms with Crippen molar-refractivity contribution in [2.24, 2.45) is 0 Å². The van der Waals surface area contributed by atoms with Gasteiger partial charge in [0.1, 0.15) is 0 Å². The lowest BCUT2D eigenvalue weighted by Gasteiger charge is -2.12. The largest absolute Gasteiger partial charge is 0.369 e. The number of nitrogens with one attached hydrogen (secondary N) is 1. The topological polar surface area (TPSA) is 41.1 Å². The Hall–Kier alpha value is -0.870. The maximum absolute atomic E-state index is 5.05. The minimum absolute atomic E-state index is 0.690. The van der Waals surface area contributed by atoms with Crippen molar-refractivity contribution in [3.63, 3.8) is 0 Å². The van der Waals surface area contributed by atoms with E-state index in [1.807, 2.05) is 0 Å². The van der Waals surface area contributed by atoms with E-state index in [0.717, 1.165) is 13.1 Å². The van der Waals surface area contributed by atoms with E-state index in [4.69, 9.17) is 4.74 Å². The second kappa shape index (κ2) is 2.88. The molecule has 0 saturated heterocycles. The van der Waals surface area contributed by atoms with Crippen LogP contribution in [-0.2, 0) is 17.8 Å². The lowest BCUT2D eigenvalue weighted by atomic mass is 10.2. The first kappa shape index (κ1) is 7.76. The number of hydrogen-bond donors (Lipinski definition) is 1. The Bertz CT molecular complexity index is 282. The Kier molecular flexibility index (Phi) is 1.86. The van der Waals surface area contributed by atoms with Gasteiger partial charge >= 0.3 is 0 Å². The summed E-state index contributed by atoms with van der Waals surface area (Å²) in [6, 6.07) is 0. The van der Waals surface area contributed by atoms with Crippen LogP contribution in [0.25, 0.3) is 0 Å². The highest BCUT2D eigenvalue weighted by Crippen LogP contribution is 2.22. The van der Waals surface area contributed by atoms with Crippen molar-refractivity contribution in [2.45, 2.75) is 20.0 Å². The molecule has 4 heteroatoms. The van der Waals surface area contributed by atoms with Gasteiger partial charge in [0, 0.05) is 31.5 Å². The highest BCUT2D eigenvalue weighted by Gasteiger charge is 2.22. The number of H-pyrrole nitrogens is 1. The standard InChI is InChI=1S/C8H13N3O/c1-6-7-3-11(5-12-2)4-8(7)10-9-6/h3-5H2,1-2H3,(H,9,10). The lowest BCUT2D eigenvalue weighted by Crippen LogP contribution is -2.19. The molecule has 0 saturated carbocycles. The van der Waals surface area contributed by atoms with Gasteiger partial charge in [0.05, 0.1) is 12.4 Å². The smallest absolute Gasteiger partial charge is 0.0992 e. The molecule has 2 heterocycles. The number of nitrogens with zero attached hydrogens (tertiary/aromatic N) is 2. The van der Waals surface area contributed by atoms with E-state index >= 15 is 0 Å². The molecule has 0 bridgehead atoms. The zero-order chi connectivity index (χ0) is 8.55. The van der Waals surface area contributed by atoms with Crippen LogP contribution in [0.2, 0.25) is 0 Å². The molecule has 1 aromatic rings. The third-order valence-electron chi connectivity index (χ3n) is 2.23. The summed E-state index contributed by atoms with van der Waals surface area (Å²) in [7, 11) is 1.72. The number of rotatable bonds is 2. The second-order valence-corrected chi connectivity index (χ2v) is 3.18. The molecule has 0 aromatic carbocycles. The predicted molar refractivity (Wildman–Crippen MR) is 44.4 cm³/mol. The maximum Gasteiger partial charge on any atom is 0.0992 e. The van der Waals surface area contributed by atoms with Crippen LogP contribution in [0.1, 0.15) is 17.0 Å². The van der Waals surface area contributed by atoms with E-state index in [2.05, 4.69) is 22.0 Å². The van der Waals surface area contributed by atoms with Crippen LogP contribution < -0.4 is 0 Å². The van der Waals surface area contributed by atoms with Crippen molar-refractivity contribution in [1.29, 1.82) is 0 Å². The van der Waals surface area contributed by atoms with Crippen LogP contribution in [0, 0.1) is 6.92 Å². The van der Waals surface area contributed by atoms with Crippen LogP contribution >= 0.6 is 0 Å². The second-order valence-electron chi connectivity index (χ2n) is 3.18. The fourth-order valence-corrected chi connectivity index (χ4v) is 1.61. The molecule has 66 valence electrons. The number of methoxy groups -OCH3 is 1. The molecule has 1 aromatic heterocycles. The zero-order valence-electron chi connectivity index (χ0n) is 7.42. The van der Waals surface area contributed by atoms with Gasteiger partial charge in [-0.05, 0) is 6.92 Å². The number of aromatic amines is 1. The fraction of sp³-hybridized carbons (Fsp3) is 0.625. The van der Waals surface area contributed by atoms with Gasteiger partial charge < -0.3 is 4.74 Å². The Morgan fingerprint density at radius 1 is 1.58 bits per heavy atom. The Labute approximate surface area is 71.5 Å². The molecule has 0 amide bonds. The van der Waals surface area contributed by atoms with Crippen LogP contribution in [0.15, 0.2) is 0 Å². The highest BCUT2D eigenvalue weighted by molar-refractivity contribution is 5.27. The molecule has 0 aliphatic carbocycles. The maximum atomic E-state index is 5.05. The van der Waals surface area contributed by atoms with Gasteiger partial charge in [-0.2, -0.15) is 5.10 Å². The van der Waals surface area contributed by atoms with Gasteiger partial charge in [0.2, 0.25) is 0 Å². The molecule has 0 atom stereocenters. The van der Waals surface area contributed by atoms with E-state index in [0.29, 0.717) is 6.73 Å². The zero-order valence-corrected chi connectivity index (χ0v) is 7.42. The average molecular weight is 167 g/mol. The number of ether oxygens (including phenoxy) is 1. The first-order valence-corrected chi connectivity index (χ1v) is 4.05. The SMILES string of the molecule is COCN1Cc2n[nH]c(C)c2C1. The molecular weight excluding hydrogens is 154 g/mol. The molecule has 1 aliphatic rings. The van der Waals surface area contributed by atoms with Gasteiger partial charge in [-0.25, -0.2) is 0 Å². The van der Waals surface area contributed by atoms with Crippen LogP contribution in [0.3, 0.4) is 0 Å². The molecule has 0 unspecified atom stereocenters. The van der Waals surface area contributed by atoms with E-state index < -0.39 is 0 Å². The first-order chi connectivity index (χ1) is 5.81. The van der Waals surface area contributed by atoms with Gasteiger partial charge in [-0.15, -0.1) is 0 Å². The molecule has 1 N–H and O–H groups in total. The molecule has 4 nitrogen and oxygen atoms in total. The Morgan fingerprint density at radius 3 is 3.08 bits per heavy atom. The summed E-state index contributed by atoms with van der Waals surface area (Å²) < 4.78 is 5.05. The molecule has 0 fully saturated rings. The third-order valence-corrected chi connectivity index (χ3v) is 2.23. The summed E-state index contributed by atoms with van der Waals surface area (Å²) in [5.74, 6) is 0. The Morgan fingerprint density at radius 2 is 2.42 bits per heavy atom. The van der Waals surface area contributed by atoms with E-state index in [9.17, 15) is 0 Å². The van der Waals surface area contributed by atoms with E-state index in [1.165, 1.54) is 17.0 Å². The molecule has 0 spiro atoms. The van der Waals surface area contributed by atoms with Crippen molar-refractivity contribution in [2.75, 3.05) is 13.8 Å². The highest BCUT2D eigenvalue weighted by atomic mass is 16.5. The normalized spacial score (nSPS) is 16.8. The van der Waals surface area contributed by atoms with E-state index in [1.54, 1.807) is 7.11 Å². The Balaban J connectivity index is 2.12.